The Labute approximate surface area is 203 Å². The van der Waals surface area contributed by atoms with E-state index in [0.29, 0.717) is 10.4 Å². The van der Waals surface area contributed by atoms with Gasteiger partial charge in [-0.25, -0.2) is 9.59 Å². The molecule has 0 aliphatic heterocycles. The fourth-order valence-corrected chi connectivity index (χ4v) is 5.25. The molecule has 5 rings (SSSR count). The number of anilines is 1. The van der Waals surface area contributed by atoms with Crippen LogP contribution < -0.4 is 5.32 Å². The first-order valence-electron chi connectivity index (χ1n) is 10.7. The largest absolute Gasteiger partial charge is 0.477 e. The second-order valence-corrected chi connectivity index (χ2v) is 8.97. The molecule has 1 amide bonds. The van der Waals surface area contributed by atoms with Crippen molar-refractivity contribution in [1.82, 2.24) is 0 Å². The Morgan fingerprint density at radius 1 is 0.971 bits per heavy atom. The minimum Gasteiger partial charge on any atom is -0.477 e. The fourth-order valence-electron chi connectivity index (χ4n) is 4.30. The van der Waals surface area contributed by atoms with Crippen molar-refractivity contribution >= 4 is 34.8 Å². The average Bonchev–Trinajstić information content (AvgIpc) is 3.42. The van der Waals surface area contributed by atoms with Gasteiger partial charge in [-0.3, -0.25) is 15.4 Å². The van der Waals surface area contributed by atoms with Gasteiger partial charge in [0.05, 0.1) is 10.6 Å². The van der Waals surface area contributed by atoms with E-state index in [4.69, 9.17) is 4.74 Å². The van der Waals surface area contributed by atoms with Gasteiger partial charge in [-0.15, -0.1) is 11.3 Å². The number of rotatable bonds is 6. The number of fused-ring (bicyclic) bond motifs is 3. The highest BCUT2D eigenvalue weighted by Gasteiger charge is 2.29. The zero-order valence-corrected chi connectivity index (χ0v) is 19.0. The number of ether oxygens (including phenoxy) is 1. The van der Waals surface area contributed by atoms with Gasteiger partial charge in [-0.05, 0) is 33.9 Å². The molecule has 0 saturated heterocycles. The smallest absolute Gasteiger partial charge is 0.411 e. The third kappa shape index (κ3) is 4.24. The van der Waals surface area contributed by atoms with Gasteiger partial charge in [0.25, 0.3) is 5.69 Å². The summed E-state index contributed by atoms with van der Waals surface area (Å²) in [7, 11) is 0. The number of nitrogens with zero attached hydrogens (tertiary/aromatic N) is 1. The van der Waals surface area contributed by atoms with Gasteiger partial charge >= 0.3 is 12.1 Å². The van der Waals surface area contributed by atoms with Crippen molar-refractivity contribution in [2.75, 3.05) is 11.9 Å². The van der Waals surface area contributed by atoms with E-state index in [-0.39, 0.29) is 28.8 Å². The zero-order valence-electron chi connectivity index (χ0n) is 18.1. The van der Waals surface area contributed by atoms with Gasteiger partial charge in [0, 0.05) is 22.9 Å². The first-order valence-corrected chi connectivity index (χ1v) is 11.5. The maximum Gasteiger partial charge on any atom is 0.411 e. The van der Waals surface area contributed by atoms with Gasteiger partial charge < -0.3 is 9.84 Å². The Kier molecular flexibility index (Phi) is 5.76. The molecule has 1 aromatic heterocycles. The number of nitro groups is 1. The van der Waals surface area contributed by atoms with E-state index in [0.717, 1.165) is 33.6 Å². The molecule has 1 aliphatic carbocycles. The summed E-state index contributed by atoms with van der Waals surface area (Å²) in [5.41, 5.74) is 4.77. The maximum atomic E-state index is 12.6. The number of carbonyl (C=O) groups is 2. The molecule has 0 unspecified atom stereocenters. The van der Waals surface area contributed by atoms with E-state index in [1.54, 1.807) is 6.07 Å². The predicted octanol–water partition coefficient (Wildman–Crippen LogP) is 6.38. The summed E-state index contributed by atoms with van der Waals surface area (Å²) in [6.45, 7) is 0.0874. The van der Waals surface area contributed by atoms with Crippen LogP contribution >= 0.6 is 11.3 Å². The van der Waals surface area contributed by atoms with Crippen molar-refractivity contribution in [1.29, 1.82) is 0 Å². The third-order valence-corrected chi connectivity index (χ3v) is 7.02. The van der Waals surface area contributed by atoms with Crippen LogP contribution in [0.5, 0.6) is 0 Å². The molecule has 2 N–H and O–H groups in total. The SMILES string of the molecule is O=C(Nc1cc(-c2cccc([N+](=O)[O-])c2)sc1C(=O)O)OCC1c2ccccc2-c2ccccc21. The molecule has 1 heterocycles. The molecule has 3 aromatic carbocycles. The second-order valence-electron chi connectivity index (χ2n) is 7.92. The second kappa shape index (κ2) is 9.03. The Morgan fingerprint density at radius 2 is 1.63 bits per heavy atom. The van der Waals surface area contributed by atoms with E-state index in [1.807, 2.05) is 48.5 Å². The van der Waals surface area contributed by atoms with Gasteiger partial charge in [-0.1, -0.05) is 60.7 Å². The summed E-state index contributed by atoms with van der Waals surface area (Å²) in [6, 6.07) is 23.3. The van der Waals surface area contributed by atoms with Gasteiger partial charge in [-0.2, -0.15) is 0 Å². The standard InChI is InChI=1S/C26H18N2O6S/c29-25(30)24-22(13-23(35-24)15-6-5-7-16(12-15)28(32)33)27-26(31)34-14-21-19-10-3-1-8-17(19)18-9-2-4-11-20(18)21/h1-13,21H,14H2,(H,27,31)(H,29,30). The van der Waals surface area contributed by atoms with E-state index in [1.165, 1.54) is 24.3 Å². The molecule has 8 nitrogen and oxygen atoms in total. The third-order valence-electron chi connectivity index (χ3n) is 5.85. The number of benzene rings is 3. The molecular formula is C26H18N2O6S. The van der Waals surface area contributed by atoms with Crippen molar-refractivity contribution in [2.24, 2.45) is 0 Å². The van der Waals surface area contributed by atoms with Crippen molar-refractivity contribution in [3.8, 4) is 21.6 Å². The highest BCUT2D eigenvalue weighted by atomic mass is 32.1. The number of carboxylic acid groups (broad SMARTS) is 1. The van der Waals surface area contributed by atoms with Crippen LogP contribution in [0.25, 0.3) is 21.6 Å². The highest BCUT2D eigenvalue weighted by molar-refractivity contribution is 7.18. The number of amides is 1. The Bertz CT molecular complexity index is 1430. The van der Waals surface area contributed by atoms with Gasteiger partial charge in [0.2, 0.25) is 0 Å². The lowest BCUT2D eigenvalue weighted by molar-refractivity contribution is -0.384. The topological polar surface area (TPSA) is 119 Å². The number of hydrogen-bond donors (Lipinski definition) is 2. The number of nitro benzene ring substituents is 1. The minimum absolute atomic E-state index is 0.0706. The quantitative estimate of drug-likeness (QED) is 0.241. The Hall–Kier alpha value is -4.50. The number of carboxylic acids is 1. The van der Waals surface area contributed by atoms with Crippen LogP contribution in [0, 0.1) is 10.1 Å². The number of nitrogens with one attached hydrogen (secondary N) is 1. The molecule has 0 bridgehead atoms. The summed E-state index contributed by atoms with van der Waals surface area (Å²) in [5.74, 6) is -1.35. The summed E-state index contributed by atoms with van der Waals surface area (Å²) >= 11 is 0.915. The first kappa shape index (κ1) is 22.3. The Balaban J connectivity index is 1.35. The molecule has 0 fully saturated rings. The van der Waals surface area contributed by atoms with Crippen molar-refractivity contribution in [3.05, 3.63) is 105 Å². The number of hydrogen-bond acceptors (Lipinski definition) is 6. The van der Waals surface area contributed by atoms with E-state index in [2.05, 4.69) is 5.32 Å². The molecule has 0 spiro atoms. The molecule has 174 valence electrons. The molecule has 0 saturated carbocycles. The van der Waals surface area contributed by atoms with Crippen LogP contribution in [0.1, 0.15) is 26.7 Å². The lowest BCUT2D eigenvalue weighted by atomic mass is 9.98. The van der Waals surface area contributed by atoms with E-state index in [9.17, 15) is 24.8 Å². The normalized spacial score (nSPS) is 12.0. The first-order chi connectivity index (χ1) is 16.9. The molecule has 0 radical (unpaired) electrons. The van der Waals surface area contributed by atoms with Crippen LogP contribution in [-0.4, -0.2) is 28.7 Å². The Morgan fingerprint density at radius 3 is 2.26 bits per heavy atom. The van der Waals surface area contributed by atoms with Crippen molar-refractivity contribution < 1.29 is 24.4 Å². The van der Waals surface area contributed by atoms with Crippen LogP contribution in [-0.2, 0) is 4.74 Å². The maximum absolute atomic E-state index is 12.6. The minimum atomic E-state index is -1.22. The lowest BCUT2D eigenvalue weighted by Gasteiger charge is -2.14. The lowest BCUT2D eigenvalue weighted by Crippen LogP contribution is -2.18. The van der Waals surface area contributed by atoms with Crippen LogP contribution in [0.2, 0.25) is 0 Å². The van der Waals surface area contributed by atoms with Crippen LogP contribution in [0.3, 0.4) is 0 Å². The summed E-state index contributed by atoms with van der Waals surface area (Å²) in [6.07, 6.45) is -0.780. The van der Waals surface area contributed by atoms with E-state index >= 15 is 0 Å². The summed E-state index contributed by atoms with van der Waals surface area (Å²) in [4.78, 5) is 35.4. The monoisotopic (exact) mass is 486 g/mol. The van der Waals surface area contributed by atoms with E-state index < -0.39 is 17.0 Å². The number of thiophene rings is 1. The fraction of sp³-hybridized carbons (Fsp3) is 0.0769. The van der Waals surface area contributed by atoms with Crippen molar-refractivity contribution in [3.63, 3.8) is 0 Å². The molecule has 9 heteroatoms. The molecular weight excluding hydrogens is 468 g/mol. The molecule has 35 heavy (non-hydrogen) atoms. The number of aromatic carboxylic acids is 1. The zero-order chi connectivity index (χ0) is 24.5. The summed E-state index contributed by atoms with van der Waals surface area (Å²) < 4.78 is 5.52. The van der Waals surface area contributed by atoms with Crippen molar-refractivity contribution in [2.45, 2.75) is 5.92 Å². The van der Waals surface area contributed by atoms with Gasteiger partial charge in [0.15, 0.2) is 0 Å². The average molecular weight is 487 g/mol. The van der Waals surface area contributed by atoms with Crippen LogP contribution in [0.15, 0.2) is 78.9 Å². The van der Waals surface area contributed by atoms with Gasteiger partial charge in [0.1, 0.15) is 11.5 Å². The number of non-ortho nitro benzene ring substituents is 1. The van der Waals surface area contributed by atoms with Crippen LogP contribution in [0.4, 0.5) is 16.2 Å². The highest BCUT2D eigenvalue weighted by Crippen LogP contribution is 2.44. The molecule has 0 atom stereocenters. The number of carbonyl (C=O) groups excluding carboxylic acids is 1. The predicted molar refractivity (Wildman–Crippen MR) is 132 cm³/mol. The summed E-state index contributed by atoms with van der Waals surface area (Å²) in [5, 5.41) is 23.2. The molecule has 4 aromatic rings. The molecule has 1 aliphatic rings.